The van der Waals surface area contributed by atoms with Crippen molar-refractivity contribution >= 4 is 27.6 Å². The number of nitrogens with zero attached hydrogens (tertiary/aromatic N) is 3. The molecule has 0 amide bonds. The van der Waals surface area contributed by atoms with Crippen molar-refractivity contribution in [3.05, 3.63) is 10.8 Å². The number of nitrogens with one attached hydrogen (secondary N) is 1. The van der Waals surface area contributed by atoms with E-state index in [9.17, 15) is 0 Å². The summed E-state index contributed by atoms with van der Waals surface area (Å²) in [6.07, 6.45) is 5.27. The number of halogens is 1. The molecule has 0 unspecified atom stereocenters. The molecule has 16 heavy (non-hydrogen) atoms. The molecule has 4 nitrogen and oxygen atoms in total. The van der Waals surface area contributed by atoms with Gasteiger partial charge in [-0.3, -0.25) is 0 Å². The van der Waals surface area contributed by atoms with Gasteiger partial charge in [0, 0.05) is 20.6 Å². The van der Waals surface area contributed by atoms with Crippen LogP contribution in [0.3, 0.4) is 0 Å². The van der Waals surface area contributed by atoms with Crippen molar-refractivity contribution in [3.8, 4) is 0 Å². The first-order chi connectivity index (χ1) is 7.70. The number of aromatic nitrogens is 2. The van der Waals surface area contributed by atoms with Crippen molar-refractivity contribution in [3.63, 3.8) is 0 Å². The molecule has 0 aliphatic carbocycles. The van der Waals surface area contributed by atoms with E-state index in [0.717, 1.165) is 22.7 Å². The molecule has 1 N–H and O–H groups in total. The van der Waals surface area contributed by atoms with Crippen molar-refractivity contribution in [1.29, 1.82) is 0 Å². The lowest BCUT2D eigenvalue weighted by Crippen LogP contribution is -2.20. The third-order valence-corrected chi connectivity index (χ3v) is 3.20. The van der Waals surface area contributed by atoms with Gasteiger partial charge in [-0.15, -0.1) is 0 Å². The summed E-state index contributed by atoms with van der Waals surface area (Å²) in [5.74, 6) is 1.77. The molecule has 0 atom stereocenters. The van der Waals surface area contributed by atoms with Crippen molar-refractivity contribution in [2.24, 2.45) is 0 Å². The third-order valence-electron chi connectivity index (χ3n) is 2.47. The topological polar surface area (TPSA) is 41.1 Å². The maximum atomic E-state index is 4.29. The number of rotatable bonds is 6. The van der Waals surface area contributed by atoms with Gasteiger partial charge >= 0.3 is 0 Å². The number of unbranched alkanes of at least 4 members (excludes halogenated alkanes) is 2. The summed E-state index contributed by atoms with van der Waals surface area (Å²) in [7, 11) is 3.91. The highest BCUT2D eigenvalue weighted by Crippen LogP contribution is 2.28. The Morgan fingerprint density at radius 1 is 1.38 bits per heavy atom. The minimum absolute atomic E-state index is 0.826. The highest BCUT2D eigenvalue weighted by Gasteiger charge is 2.10. The maximum absolute atomic E-state index is 4.29. The van der Waals surface area contributed by atoms with Gasteiger partial charge in [-0.1, -0.05) is 19.8 Å². The van der Waals surface area contributed by atoms with Crippen LogP contribution in [0.5, 0.6) is 0 Å². The zero-order valence-corrected chi connectivity index (χ0v) is 11.7. The lowest BCUT2D eigenvalue weighted by molar-refractivity contribution is 0.700. The molecule has 0 aromatic carbocycles. The van der Waals surface area contributed by atoms with Gasteiger partial charge in [0.2, 0.25) is 0 Å². The molecule has 1 aromatic heterocycles. The Morgan fingerprint density at radius 3 is 2.75 bits per heavy atom. The minimum atomic E-state index is 0.826. The Kier molecular flexibility index (Phi) is 5.52. The molecule has 1 heterocycles. The molecule has 90 valence electrons. The standard InChI is InChI=1S/C11H19BrN4/c1-4-5-6-7-16(3)11-9(12)10(13-2)14-8-15-11/h8H,4-7H2,1-3H3,(H,13,14,15). The fraction of sp³-hybridized carbons (Fsp3) is 0.636. The smallest absolute Gasteiger partial charge is 0.148 e. The zero-order valence-electron chi connectivity index (χ0n) is 10.1. The number of hydrogen-bond acceptors (Lipinski definition) is 4. The van der Waals surface area contributed by atoms with Crippen LogP contribution in [-0.4, -0.2) is 30.6 Å². The van der Waals surface area contributed by atoms with Crippen molar-refractivity contribution < 1.29 is 0 Å². The van der Waals surface area contributed by atoms with Crippen LogP contribution in [-0.2, 0) is 0 Å². The summed E-state index contributed by atoms with van der Waals surface area (Å²) >= 11 is 3.52. The number of anilines is 2. The van der Waals surface area contributed by atoms with Gasteiger partial charge in [-0.2, -0.15) is 0 Å². The van der Waals surface area contributed by atoms with Gasteiger partial charge < -0.3 is 10.2 Å². The van der Waals surface area contributed by atoms with E-state index in [1.807, 2.05) is 7.05 Å². The normalized spacial score (nSPS) is 10.2. The van der Waals surface area contributed by atoms with E-state index < -0.39 is 0 Å². The van der Waals surface area contributed by atoms with E-state index >= 15 is 0 Å². The molecule has 0 fully saturated rings. The lowest BCUT2D eigenvalue weighted by atomic mass is 10.2. The largest absolute Gasteiger partial charge is 0.372 e. The van der Waals surface area contributed by atoms with Crippen LogP contribution >= 0.6 is 15.9 Å². The highest BCUT2D eigenvalue weighted by molar-refractivity contribution is 9.10. The molecule has 0 radical (unpaired) electrons. The second kappa shape index (κ2) is 6.68. The van der Waals surface area contributed by atoms with Crippen LogP contribution < -0.4 is 10.2 Å². The van der Waals surface area contributed by atoms with Gasteiger partial charge in [-0.05, 0) is 22.4 Å². The van der Waals surface area contributed by atoms with Gasteiger partial charge in [0.25, 0.3) is 0 Å². The Hall–Kier alpha value is -0.840. The molecular formula is C11H19BrN4. The molecule has 5 heteroatoms. The summed E-state index contributed by atoms with van der Waals surface area (Å²) in [4.78, 5) is 10.6. The van der Waals surface area contributed by atoms with E-state index in [0.29, 0.717) is 0 Å². The van der Waals surface area contributed by atoms with E-state index in [1.54, 1.807) is 6.33 Å². The first-order valence-corrected chi connectivity index (χ1v) is 6.39. The Balaban J connectivity index is 2.71. The molecule has 0 aliphatic heterocycles. The molecule has 1 rings (SSSR count). The second-order valence-corrected chi connectivity index (χ2v) is 4.53. The molecule has 1 aromatic rings. The average Bonchev–Trinajstić information content (AvgIpc) is 2.29. The summed E-state index contributed by atoms with van der Waals surface area (Å²) in [5, 5.41) is 3.03. The fourth-order valence-electron chi connectivity index (χ4n) is 1.51. The third kappa shape index (κ3) is 3.33. The molecule has 0 saturated heterocycles. The number of hydrogen-bond donors (Lipinski definition) is 1. The maximum Gasteiger partial charge on any atom is 0.148 e. The molecule has 0 spiro atoms. The molecule has 0 saturated carbocycles. The lowest BCUT2D eigenvalue weighted by Gasteiger charge is -2.19. The van der Waals surface area contributed by atoms with Crippen molar-refractivity contribution in [2.45, 2.75) is 26.2 Å². The van der Waals surface area contributed by atoms with E-state index in [4.69, 9.17) is 0 Å². The average molecular weight is 287 g/mol. The van der Waals surface area contributed by atoms with Crippen LogP contribution in [0.15, 0.2) is 10.8 Å². The van der Waals surface area contributed by atoms with Gasteiger partial charge in [0.15, 0.2) is 0 Å². The van der Waals surface area contributed by atoms with Crippen LogP contribution in [0.2, 0.25) is 0 Å². The van der Waals surface area contributed by atoms with E-state index in [1.165, 1.54) is 19.3 Å². The van der Waals surface area contributed by atoms with Crippen molar-refractivity contribution in [2.75, 3.05) is 30.9 Å². The Bertz CT molecular complexity index is 330. The monoisotopic (exact) mass is 286 g/mol. The molecule has 0 bridgehead atoms. The highest BCUT2D eigenvalue weighted by atomic mass is 79.9. The van der Waals surface area contributed by atoms with E-state index in [2.05, 4.69) is 50.1 Å². The quantitative estimate of drug-likeness (QED) is 0.817. The summed E-state index contributed by atoms with van der Waals surface area (Å²) in [6.45, 7) is 3.23. The van der Waals surface area contributed by atoms with Crippen LogP contribution in [0.1, 0.15) is 26.2 Å². The van der Waals surface area contributed by atoms with Crippen LogP contribution in [0, 0.1) is 0 Å². The zero-order chi connectivity index (χ0) is 12.0. The van der Waals surface area contributed by atoms with Crippen molar-refractivity contribution in [1.82, 2.24) is 9.97 Å². The fourth-order valence-corrected chi connectivity index (χ4v) is 2.21. The summed E-state index contributed by atoms with van der Waals surface area (Å²) < 4.78 is 0.927. The molecule has 0 aliphatic rings. The second-order valence-electron chi connectivity index (χ2n) is 3.74. The predicted octanol–water partition coefficient (Wildman–Crippen LogP) is 2.91. The molecular weight excluding hydrogens is 268 g/mol. The Labute approximate surface area is 106 Å². The predicted molar refractivity (Wildman–Crippen MR) is 72.1 cm³/mol. The van der Waals surface area contributed by atoms with Gasteiger partial charge in [0.05, 0.1) is 0 Å². The van der Waals surface area contributed by atoms with Crippen LogP contribution in [0.4, 0.5) is 11.6 Å². The summed E-state index contributed by atoms with van der Waals surface area (Å²) in [5.41, 5.74) is 0. The van der Waals surface area contributed by atoms with Gasteiger partial charge in [0.1, 0.15) is 22.4 Å². The minimum Gasteiger partial charge on any atom is -0.372 e. The first-order valence-electron chi connectivity index (χ1n) is 5.60. The Morgan fingerprint density at radius 2 is 2.12 bits per heavy atom. The summed E-state index contributed by atoms with van der Waals surface area (Å²) in [6, 6.07) is 0. The van der Waals surface area contributed by atoms with Gasteiger partial charge in [-0.25, -0.2) is 9.97 Å². The van der Waals surface area contributed by atoms with E-state index in [-0.39, 0.29) is 0 Å². The first kappa shape index (κ1) is 13.2. The van der Waals surface area contributed by atoms with Crippen LogP contribution in [0.25, 0.3) is 0 Å². The SMILES string of the molecule is CCCCCN(C)c1ncnc(NC)c1Br.